The number of carbonyl (C=O) groups excluding carboxylic acids is 4. The van der Waals surface area contributed by atoms with Crippen LogP contribution in [0.2, 0.25) is 0 Å². The highest BCUT2D eigenvalue weighted by Crippen LogP contribution is 2.45. The average Bonchev–Trinajstić information content (AvgIpc) is 3.58. The van der Waals surface area contributed by atoms with E-state index in [2.05, 4.69) is 41.5 Å². The number of unbranched alkanes of at least 4 members (excludes halogenated alkanes) is 39. The van der Waals surface area contributed by atoms with Gasteiger partial charge in [-0.05, 0) is 37.5 Å². The van der Waals surface area contributed by atoms with E-state index in [0.717, 1.165) is 102 Å². The van der Waals surface area contributed by atoms with Crippen molar-refractivity contribution in [3.8, 4) is 0 Å². The molecule has 0 bridgehead atoms. The van der Waals surface area contributed by atoms with Crippen molar-refractivity contribution < 1.29 is 80.2 Å². The second-order valence-corrected chi connectivity index (χ2v) is 29.1. The summed E-state index contributed by atoms with van der Waals surface area (Å²) < 4.78 is 68.2. The Morgan fingerprint density at radius 2 is 0.517 bits per heavy atom. The van der Waals surface area contributed by atoms with Gasteiger partial charge < -0.3 is 33.8 Å². The third kappa shape index (κ3) is 64.6. The molecule has 528 valence electrons. The Hall–Kier alpha value is -1.94. The SMILES string of the molecule is CCCCCCCCCCCCCCCCCC(=O)O[C@H](COC(=O)CCCCCCCCCCCCCC(C)C)COP(=O)(O)OC[C@@H](O)COP(=O)(O)OC[C@@H](COC(=O)CCCCCCCCC(C)C)OC(=O)CCCCCCCCCCCCC. The van der Waals surface area contributed by atoms with Gasteiger partial charge in [0.25, 0.3) is 0 Å². The molecule has 17 nitrogen and oxygen atoms in total. The third-order valence-corrected chi connectivity index (χ3v) is 18.1. The van der Waals surface area contributed by atoms with E-state index < -0.39 is 97.5 Å². The second kappa shape index (κ2) is 62.2. The maximum absolute atomic E-state index is 13.0. The van der Waals surface area contributed by atoms with Gasteiger partial charge in [-0.2, -0.15) is 0 Å². The molecule has 0 aliphatic heterocycles. The fourth-order valence-corrected chi connectivity index (χ4v) is 12.2. The number of aliphatic hydroxyl groups is 1. The van der Waals surface area contributed by atoms with Crippen LogP contribution in [0.25, 0.3) is 0 Å². The molecule has 0 aromatic rings. The molecule has 0 fully saturated rings. The zero-order chi connectivity index (χ0) is 65.7. The number of hydrogen-bond acceptors (Lipinski definition) is 15. The molecule has 0 spiro atoms. The van der Waals surface area contributed by atoms with Gasteiger partial charge in [-0.3, -0.25) is 37.3 Å². The lowest BCUT2D eigenvalue weighted by molar-refractivity contribution is -0.161. The molecule has 0 radical (unpaired) electrons. The topological polar surface area (TPSA) is 237 Å². The standard InChI is InChI=1S/C70H136O17P2/c1-7-9-11-13-15-17-19-20-21-22-26-31-35-43-49-55-70(75)86-65(58-80-67(72)52-46-40-33-29-27-23-25-28-32-38-44-50-62(3)4)60-84-88(76,77)82-56-64(71)57-83-89(78,79)85-61-66(59-81-68(73)53-47-41-37-36-39-45-51-63(5)6)87-69(74)54-48-42-34-30-24-18-16-14-12-10-8-2/h62-66,71H,7-61H2,1-6H3,(H,76,77)(H,78,79)/t64-,65-,66-/m1/s1. The predicted molar refractivity (Wildman–Crippen MR) is 358 cm³/mol. The zero-order valence-electron chi connectivity index (χ0n) is 57.7. The Balaban J connectivity index is 5.24. The highest BCUT2D eigenvalue weighted by atomic mass is 31.2. The van der Waals surface area contributed by atoms with E-state index in [1.165, 1.54) is 167 Å². The molecular formula is C70H136O17P2. The number of esters is 4. The van der Waals surface area contributed by atoms with Crippen molar-refractivity contribution in [1.29, 1.82) is 0 Å². The molecule has 0 saturated heterocycles. The fraction of sp³-hybridized carbons (Fsp3) is 0.943. The van der Waals surface area contributed by atoms with Gasteiger partial charge in [-0.15, -0.1) is 0 Å². The number of hydrogen-bond donors (Lipinski definition) is 3. The van der Waals surface area contributed by atoms with Crippen molar-refractivity contribution >= 4 is 39.5 Å². The molecule has 3 N–H and O–H groups in total. The highest BCUT2D eigenvalue weighted by Gasteiger charge is 2.30. The molecule has 89 heavy (non-hydrogen) atoms. The van der Waals surface area contributed by atoms with Crippen LogP contribution in [0.5, 0.6) is 0 Å². The van der Waals surface area contributed by atoms with Gasteiger partial charge in [0.2, 0.25) is 0 Å². The highest BCUT2D eigenvalue weighted by molar-refractivity contribution is 7.47. The number of aliphatic hydroxyl groups excluding tert-OH is 1. The van der Waals surface area contributed by atoms with Crippen LogP contribution in [0.15, 0.2) is 0 Å². The van der Waals surface area contributed by atoms with Gasteiger partial charge in [0.15, 0.2) is 12.2 Å². The van der Waals surface area contributed by atoms with Crippen LogP contribution in [-0.4, -0.2) is 96.7 Å². The summed E-state index contributed by atoms with van der Waals surface area (Å²) in [6.45, 7) is 9.47. The Bertz CT molecular complexity index is 1730. The lowest BCUT2D eigenvalue weighted by Gasteiger charge is -2.21. The van der Waals surface area contributed by atoms with Crippen LogP contribution >= 0.6 is 15.6 Å². The van der Waals surface area contributed by atoms with Gasteiger partial charge in [0, 0.05) is 25.7 Å². The Kier molecular flexibility index (Phi) is 60.8. The van der Waals surface area contributed by atoms with E-state index in [1.54, 1.807) is 0 Å². The summed E-state index contributed by atoms with van der Waals surface area (Å²) >= 11 is 0. The quantitative estimate of drug-likeness (QED) is 0.0222. The Morgan fingerprint density at radius 3 is 0.764 bits per heavy atom. The summed E-state index contributed by atoms with van der Waals surface area (Å²) in [5, 5.41) is 10.6. The molecule has 0 aromatic heterocycles. The predicted octanol–water partition coefficient (Wildman–Crippen LogP) is 20.0. The molecule has 19 heteroatoms. The van der Waals surface area contributed by atoms with Crippen molar-refractivity contribution in [2.45, 2.75) is 374 Å². The van der Waals surface area contributed by atoms with Gasteiger partial charge in [0.1, 0.15) is 19.3 Å². The smallest absolute Gasteiger partial charge is 0.462 e. The largest absolute Gasteiger partial charge is 0.472 e. The number of rotatable bonds is 69. The van der Waals surface area contributed by atoms with Crippen molar-refractivity contribution in [1.82, 2.24) is 0 Å². The summed E-state index contributed by atoms with van der Waals surface area (Å²) in [6.07, 6.45) is 47.2. The maximum Gasteiger partial charge on any atom is 0.472 e. The first-order chi connectivity index (χ1) is 42.9. The van der Waals surface area contributed by atoms with Crippen LogP contribution in [-0.2, 0) is 65.4 Å². The zero-order valence-corrected chi connectivity index (χ0v) is 59.5. The lowest BCUT2D eigenvalue weighted by atomic mass is 10.0. The van der Waals surface area contributed by atoms with Gasteiger partial charge in [-0.1, -0.05) is 305 Å². The lowest BCUT2D eigenvalue weighted by Crippen LogP contribution is -2.30. The molecule has 0 saturated carbocycles. The van der Waals surface area contributed by atoms with Crippen LogP contribution < -0.4 is 0 Å². The van der Waals surface area contributed by atoms with Gasteiger partial charge in [-0.25, -0.2) is 9.13 Å². The first kappa shape index (κ1) is 87.1. The van der Waals surface area contributed by atoms with E-state index >= 15 is 0 Å². The molecule has 0 aliphatic rings. The molecule has 2 unspecified atom stereocenters. The van der Waals surface area contributed by atoms with E-state index in [9.17, 15) is 43.2 Å². The molecule has 5 atom stereocenters. The van der Waals surface area contributed by atoms with Crippen LogP contribution in [0.3, 0.4) is 0 Å². The summed E-state index contributed by atoms with van der Waals surface area (Å²) in [6, 6.07) is 0. The van der Waals surface area contributed by atoms with E-state index in [1.807, 2.05) is 0 Å². The summed E-state index contributed by atoms with van der Waals surface area (Å²) in [4.78, 5) is 72.5. The third-order valence-electron chi connectivity index (χ3n) is 16.2. The van der Waals surface area contributed by atoms with Crippen molar-refractivity contribution in [2.75, 3.05) is 39.6 Å². The summed E-state index contributed by atoms with van der Waals surface area (Å²) in [7, 11) is -9.90. The molecular weight excluding hydrogens is 1170 g/mol. The number of phosphoric acid groups is 2. The van der Waals surface area contributed by atoms with Crippen molar-refractivity contribution in [3.63, 3.8) is 0 Å². The number of carbonyl (C=O) groups is 4. The van der Waals surface area contributed by atoms with Crippen molar-refractivity contribution in [2.24, 2.45) is 11.8 Å². The number of ether oxygens (including phenoxy) is 4. The van der Waals surface area contributed by atoms with Crippen LogP contribution in [0.4, 0.5) is 0 Å². The van der Waals surface area contributed by atoms with E-state index in [4.69, 9.17) is 37.0 Å². The van der Waals surface area contributed by atoms with Gasteiger partial charge in [0.05, 0.1) is 26.4 Å². The molecule has 0 heterocycles. The second-order valence-electron chi connectivity index (χ2n) is 26.2. The minimum Gasteiger partial charge on any atom is -0.462 e. The maximum atomic E-state index is 13.0. The minimum absolute atomic E-state index is 0.106. The normalized spacial score (nSPS) is 14.1. The average molecular weight is 1310 g/mol. The summed E-state index contributed by atoms with van der Waals surface area (Å²) in [5.41, 5.74) is 0. The first-order valence-electron chi connectivity index (χ1n) is 36.5. The van der Waals surface area contributed by atoms with E-state index in [-0.39, 0.29) is 25.7 Å². The minimum atomic E-state index is -4.95. The molecule has 0 amide bonds. The van der Waals surface area contributed by atoms with Crippen LogP contribution in [0.1, 0.15) is 356 Å². The molecule has 0 aliphatic carbocycles. The van der Waals surface area contributed by atoms with Crippen molar-refractivity contribution in [3.05, 3.63) is 0 Å². The van der Waals surface area contributed by atoms with Crippen LogP contribution in [0, 0.1) is 11.8 Å². The Labute approximate surface area is 543 Å². The molecule has 0 aromatic carbocycles. The van der Waals surface area contributed by atoms with E-state index in [0.29, 0.717) is 31.6 Å². The first-order valence-corrected chi connectivity index (χ1v) is 39.5. The van der Waals surface area contributed by atoms with Gasteiger partial charge >= 0.3 is 39.5 Å². The fourth-order valence-electron chi connectivity index (χ4n) is 10.6. The monoisotopic (exact) mass is 1310 g/mol. The summed E-state index contributed by atoms with van der Waals surface area (Å²) in [5.74, 6) is -0.673. The number of phosphoric ester groups is 2. The Morgan fingerprint density at radius 1 is 0.303 bits per heavy atom. The molecule has 0 rings (SSSR count).